The molecule has 1 aromatic carbocycles. The van der Waals surface area contributed by atoms with E-state index in [1.54, 1.807) is 0 Å². The summed E-state index contributed by atoms with van der Waals surface area (Å²) in [5, 5.41) is 10.7. The van der Waals surface area contributed by atoms with Gasteiger partial charge in [-0.3, -0.25) is 10.1 Å². The Balaban J connectivity index is 2.36. The smallest absolute Gasteiger partial charge is 0.271 e. The van der Waals surface area contributed by atoms with Crippen LogP contribution in [0.4, 0.5) is 11.5 Å². The van der Waals surface area contributed by atoms with E-state index in [1.807, 2.05) is 0 Å². The number of hydrogen-bond acceptors (Lipinski definition) is 7. The minimum absolute atomic E-state index is 0.0666. The van der Waals surface area contributed by atoms with Crippen LogP contribution in [-0.2, 0) is 0 Å². The maximum Gasteiger partial charge on any atom is 0.271 e. The summed E-state index contributed by atoms with van der Waals surface area (Å²) in [6, 6.07) is 4.16. The normalized spacial score (nSPS) is 10.2. The molecule has 2 aromatic rings. The Morgan fingerprint density at radius 3 is 2.45 bits per heavy atom. The Kier molecular flexibility index (Phi) is 4.47. The van der Waals surface area contributed by atoms with E-state index >= 15 is 0 Å². The van der Waals surface area contributed by atoms with Gasteiger partial charge in [0.15, 0.2) is 5.75 Å². The lowest BCUT2D eigenvalue weighted by Gasteiger charge is -2.09. The van der Waals surface area contributed by atoms with Gasteiger partial charge in [-0.15, -0.1) is 0 Å². The molecule has 0 fully saturated rings. The number of nitrogens with two attached hydrogens (primary N) is 1. The van der Waals surface area contributed by atoms with E-state index < -0.39 is 4.92 Å². The van der Waals surface area contributed by atoms with Crippen LogP contribution in [0.3, 0.4) is 0 Å². The second-order valence-corrected chi connectivity index (χ2v) is 5.19. The van der Waals surface area contributed by atoms with Crippen molar-refractivity contribution in [1.29, 1.82) is 0 Å². The average molecular weight is 405 g/mol. The van der Waals surface area contributed by atoms with Crippen LogP contribution >= 0.6 is 31.9 Å². The lowest BCUT2D eigenvalue weighted by molar-refractivity contribution is -0.385. The molecule has 0 radical (unpaired) electrons. The molecule has 3 N–H and O–H groups in total. The van der Waals surface area contributed by atoms with E-state index in [0.717, 1.165) is 0 Å². The summed E-state index contributed by atoms with van der Waals surface area (Å²) in [5.41, 5.74) is 2.30. The second kappa shape index (κ2) is 6.11. The molecule has 0 saturated carbocycles. The number of hydrogen-bond donors (Lipinski definition) is 2. The van der Waals surface area contributed by atoms with Crippen molar-refractivity contribution >= 4 is 43.4 Å². The van der Waals surface area contributed by atoms with Gasteiger partial charge in [-0.25, -0.2) is 15.8 Å². The fourth-order valence-electron chi connectivity index (χ4n) is 1.33. The molecular weight excluding hydrogens is 398 g/mol. The summed E-state index contributed by atoms with van der Waals surface area (Å²) in [6.45, 7) is 0. The van der Waals surface area contributed by atoms with Gasteiger partial charge in [-0.2, -0.15) is 0 Å². The molecule has 104 valence electrons. The zero-order valence-electron chi connectivity index (χ0n) is 9.71. The molecule has 10 heteroatoms. The van der Waals surface area contributed by atoms with Crippen molar-refractivity contribution in [2.24, 2.45) is 5.84 Å². The van der Waals surface area contributed by atoms with Crippen molar-refractivity contribution in [3.05, 3.63) is 43.6 Å². The van der Waals surface area contributed by atoms with E-state index in [1.165, 1.54) is 24.5 Å². The Morgan fingerprint density at radius 2 is 1.90 bits per heavy atom. The first-order valence-electron chi connectivity index (χ1n) is 5.11. The molecular formula is C10H7Br2N5O3. The fourth-order valence-corrected chi connectivity index (χ4v) is 2.65. The molecule has 0 aliphatic heterocycles. The molecule has 0 bridgehead atoms. The number of nitro benzene ring substituents is 1. The van der Waals surface area contributed by atoms with Gasteiger partial charge in [0, 0.05) is 18.2 Å². The number of aromatic nitrogens is 2. The van der Waals surface area contributed by atoms with E-state index in [2.05, 4.69) is 47.3 Å². The zero-order chi connectivity index (χ0) is 14.7. The summed E-state index contributed by atoms with van der Waals surface area (Å²) in [7, 11) is 0. The lowest BCUT2D eigenvalue weighted by atomic mass is 10.3. The number of nitrogens with zero attached hydrogens (tertiary/aromatic N) is 3. The molecule has 8 nitrogen and oxygen atoms in total. The van der Waals surface area contributed by atoms with Crippen LogP contribution < -0.4 is 16.0 Å². The van der Waals surface area contributed by atoms with Crippen LogP contribution in [0.2, 0.25) is 0 Å². The number of nitrogen functional groups attached to an aromatic ring is 1. The summed E-state index contributed by atoms with van der Waals surface area (Å²) in [4.78, 5) is 18.0. The molecule has 2 rings (SSSR count). The molecule has 1 heterocycles. The highest BCUT2D eigenvalue weighted by molar-refractivity contribution is 9.11. The van der Waals surface area contributed by atoms with Crippen molar-refractivity contribution in [1.82, 2.24) is 9.97 Å². The summed E-state index contributed by atoms with van der Waals surface area (Å²) < 4.78 is 6.39. The van der Waals surface area contributed by atoms with Crippen molar-refractivity contribution in [3.63, 3.8) is 0 Å². The zero-order valence-corrected chi connectivity index (χ0v) is 12.9. The van der Waals surface area contributed by atoms with Crippen LogP contribution in [0.15, 0.2) is 33.5 Å². The van der Waals surface area contributed by atoms with Gasteiger partial charge in [-0.05, 0) is 31.9 Å². The number of rotatable bonds is 4. The Labute approximate surface area is 129 Å². The summed E-state index contributed by atoms with van der Waals surface area (Å²) in [6.07, 6.45) is 1.28. The van der Waals surface area contributed by atoms with Gasteiger partial charge in [0.25, 0.3) is 5.69 Å². The summed E-state index contributed by atoms with van der Waals surface area (Å²) >= 11 is 6.43. The quantitative estimate of drug-likeness (QED) is 0.457. The molecule has 0 amide bonds. The van der Waals surface area contributed by atoms with Crippen LogP contribution in [0.25, 0.3) is 0 Å². The first-order valence-corrected chi connectivity index (χ1v) is 6.70. The molecule has 0 aliphatic carbocycles. The Hall–Kier alpha value is -1.78. The number of non-ortho nitro benzene ring substituents is 1. The topological polar surface area (TPSA) is 116 Å². The monoisotopic (exact) mass is 403 g/mol. The van der Waals surface area contributed by atoms with Gasteiger partial charge in [-0.1, -0.05) is 0 Å². The van der Waals surface area contributed by atoms with Crippen molar-refractivity contribution in [2.75, 3.05) is 5.43 Å². The maximum absolute atomic E-state index is 10.7. The van der Waals surface area contributed by atoms with Gasteiger partial charge < -0.3 is 10.2 Å². The molecule has 0 unspecified atom stereocenters. The maximum atomic E-state index is 10.7. The van der Waals surface area contributed by atoms with Crippen molar-refractivity contribution in [2.45, 2.75) is 0 Å². The average Bonchev–Trinajstić information content (AvgIpc) is 2.42. The van der Waals surface area contributed by atoms with Crippen molar-refractivity contribution in [3.8, 4) is 11.6 Å². The van der Waals surface area contributed by atoms with Crippen LogP contribution in [0, 0.1) is 10.1 Å². The van der Waals surface area contributed by atoms with Gasteiger partial charge in [0.05, 0.1) is 13.9 Å². The Bertz CT molecular complexity index is 644. The third kappa shape index (κ3) is 3.21. The van der Waals surface area contributed by atoms with Gasteiger partial charge in [0.1, 0.15) is 12.1 Å². The van der Waals surface area contributed by atoms with Crippen LogP contribution in [0.1, 0.15) is 0 Å². The summed E-state index contributed by atoms with van der Waals surface area (Å²) in [5.74, 6) is 6.21. The second-order valence-electron chi connectivity index (χ2n) is 3.48. The largest absolute Gasteiger partial charge is 0.436 e. The SMILES string of the molecule is NNc1cc(Oc2c(Br)cc([N+](=O)[O-])cc2Br)ncn1. The van der Waals surface area contributed by atoms with Crippen LogP contribution in [0.5, 0.6) is 11.6 Å². The highest BCUT2D eigenvalue weighted by atomic mass is 79.9. The first-order chi connectivity index (χ1) is 9.51. The predicted octanol–water partition coefficient (Wildman–Crippen LogP) is 2.99. The van der Waals surface area contributed by atoms with E-state index in [0.29, 0.717) is 20.5 Å². The lowest BCUT2D eigenvalue weighted by Crippen LogP contribution is -2.08. The third-order valence-corrected chi connectivity index (χ3v) is 3.37. The molecule has 1 aromatic heterocycles. The number of anilines is 1. The number of ether oxygens (including phenoxy) is 1. The molecule has 20 heavy (non-hydrogen) atoms. The Morgan fingerprint density at radius 1 is 1.25 bits per heavy atom. The first kappa shape index (κ1) is 14.6. The number of benzene rings is 1. The highest BCUT2D eigenvalue weighted by Gasteiger charge is 2.16. The highest BCUT2D eigenvalue weighted by Crippen LogP contribution is 2.39. The number of halogens is 2. The number of nitro groups is 1. The molecule has 0 spiro atoms. The molecule has 0 aliphatic rings. The van der Waals surface area contributed by atoms with E-state index in [-0.39, 0.29) is 11.6 Å². The van der Waals surface area contributed by atoms with Crippen LogP contribution in [-0.4, -0.2) is 14.9 Å². The van der Waals surface area contributed by atoms with Crippen molar-refractivity contribution < 1.29 is 9.66 Å². The minimum atomic E-state index is -0.500. The van der Waals surface area contributed by atoms with E-state index in [4.69, 9.17) is 10.6 Å². The van der Waals surface area contributed by atoms with Gasteiger partial charge in [0.2, 0.25) is 5.88 Å². The number of nitrogens with one attached hydrogen (secondary N) is 1. The number of hydrazine groups is 1. The van der Waals surface area contributed by atoms with E-state index in [9.17, 15) is 10.1 Å². The standard InChI is InChI=1S/C10H7Br2N5O3/c11-6-1-5(17(18)19)2-7(12)10(6)20-9-3-8(16-13)14-4-15-9/h1-4H,13H2,(H,14,15,16). The molecule has 0 atom stereocenters. The molecule has 0 saturated heterocycles. The van der Waals surface area contributed by atoms with Gasteiger partial charge >= 0.3 is 0 Å². The fraction of sp³-hybridized carbons (Fsp3) is 0. The third-order valence-electron chi connectivity index (χ3n) is 2.19. The minimum Gasteiger partial charge on any atom is -0.436 e. The predicted molar refractivity (Wildman–Crippen MR) is 78.4 cm³/mol.